The smallest absolute Gasteiger partial charge is 0.339 e. The van der Waals surface area contributed by atoms with Crippen molar-refractivity contribution in [2.24, 2.45) is 0 Å². The fourth-order valence-electron chi connectivity index (χ4n) is 5.73. The van der Waals surface area contributed by atoms with Gasteiger partial charge in [0, 0.05) is 26.2 Å². The van der Waals surface area contributed by atoms with Crippen LogP contribution in [0.1, 0.15) is 22.7 Å². The zero-order chi connectivity index (χ0) is 29.3. The van der Waals surface area contributed by atoms with E-state index in [1.807, 2.05) is 43.3 Å². The lowest BCUT2D eigenvalue weighted by atomic mass is 9.96. The van der Waals surface area contributed by atoms with Gasteiger partial charge < -0.3 is 4.90 Å². The molecule has 0 atom stereocenters. The van der Waals surface area contributed by atoms with Gasteiger partial charge in [-0.2, -0.15) is 3.97 Å². The van der Waals surface area contributed by atoms with Gasteiger partial charge in [-0.1, -0.05) is 90.5 Å². The Labute approximate surface area is 245 Å². The van der Waals surface area contributed by atoms with Crippen LogP contribution in [-0.4, -0.2) is 58.8 Å². The molecular formula is C33H32N4O4S. The number of amides is 1. The zero-order valence-electron chi connectivity index (χ0n) is 23.3. The lowest BCUT2D eigenvalue weighted by Crippen LogP contribution is -2.51. The minimum absolute atomic E-state index is 0.0203. The monoisotopic (exact) mass is 580 g/mol. The third-order valence-electron chi connectivity index (χ3n) is 7.91. The lowest BCUT2D eigenvalue weighted by molar-refractivity contribution is -0.133. The molecule has 5 aromatic rings. The molecule has 0 saturated carbocycles. The number of rotatable bonds is 7. The Bertz CT molecular complexity index is 1830. The summed E-state index contributed by atoms with van der Waals surface area (Å²) in [6, 6.07) is 33.8. The van der Waals surface area contributed by atoms with Crippen LogP contribution in [0.4, 0.5) is 0 Å². The quantitative estimate of drug-likeness (QED) is 0.287. The normalized spacial score (nSPS) is 14.5. The number of fused-ring (bicyclic) bond motifs is 1. The van der Waals surface area contributed by atoms with Gasteiger partial charge in [-0.15, -0.1) is 0 Å². The van der Waals surface area contributed by atoms with Crippen molar-refractivity contribution in [3.63, 3.8) is 0 Å². The molecule has 1 aromatic heterocycles. The van der Waals surface area contributed by atoms with Crippen molar-refractivity contribution < 1.29 is 13.2 Å². The van der Waals surface area contributed by atoms with Gasteiger partial charge >= 0.3 is 5.69 Å². The molecule has 2 heterocycles. The Balaban J connectivity index is 1.24. The van der Waals surface area contributed by atoms with Gasteiger partial charge in [-0.05, 0) is 42.3 Å². The van der Waals surface area contributed by atoms with Crippen molar-refractivity contribution in [2.75, 3.05) is 26.2 Å². The highest BCUT2D eigenvalue weighted by atomic mass is 32.2. The summed E-state index contributed by atoms with van der Waals surface area (Å²) in [6.45, 7) is 3.96. The average Bonchev–Trinajstić information content (AvgIpc) is 3.30. The second-order valence-electron chi connectivity index (χ2n) is 10.6. The first kappa shape index (κ1) is 27.7. The molecule has 1 saturated heterocycles. The van der Waals surface area contributed by atoms with E-state index in [4.69, 9.17) is 0 Å². The number of aromatic nitrogens is 2. The van der Waals surface area contributed by atoms with Gasteiger partial charge in [0.05, 0.1) is 22.0 Å². The van der Waals surface area contributed by atoms with E-state index in [1.54, 1.807) is 41.3 Å². The lowest BCUT2D eigenvalue weighted by Gasteiger charge is -2.39. The van der Waals surface area contributed by atoms with E-state index in [0.29, 0.717) is 31.7 Å². The summed E-state index contributed by atoms with van der Waals surface area (Å²) >= 11 is 0. The molecule has 8 nitrogen and oxygen atoms in total. The number of para-hydroxylation sites is 2. The highest BCUT2D eigenvalue weighted by molar-refractivity contribution is 7.90. The molecule has 4 aromatic carbocycles. The van der Waals surface area contributed by atoms with Gasteiger partial charge in [0.1, 0.15) is 6.54 Å². The number of carbonyl (C=O) groups excluding carboxylic acids is 1. The third-order valence-corrected chi connectivity index (χ3v) is 9.61. The highest BCUT2D eigenvalue weighted by Crippen LogP contribution is 2.29. The van der Waals surface area contributed by atoms with E-state index in [-0.39, 0.29) is 28.9 Å². The van der Waals surface area contributed by atoms with Gasteiger partial charge in [-0.3, -0.25) is 14.3 Å². The van der Waals surface area contributed by atoms with E-state index in [1.165, 1.54) is 27.8 Å². The maximum atomic E-state index is 13.6. The van der Waals surface area contributed by atoms with Crippen molar-refractivity contribution in [3.8, 4) is 0 Å². The maximum Gasteiger partial charge on any atom is 0.343 e. The van der Waals surface area contributed by atoms with Gasteiger partial charge in [0.25, 0.3) is 10.0 Å². The van der Waals surface area contributed by atoms with Crippen LogP contribution < -0.4 is 5.69 Å². The predicted molar refractivity (Wildman–Crippen MR) is 163 cm³/mol. The molecule has 1 aliphatic heterocycles. The highest BCUT2D eigenvalue weighted by Gasteiger charge is 2.30. The summed E-state index contributed by atoms with van der Waals surface area (Å²) < 4.78 is 29.2. The summed E-state index contributed by atoms with van der Waals surface area (Å²) in [5.41, 5.74) is 3.19. The molecule has 0 spiro atoms. The van der Waals surface area contributed by atoms with Crippen molar-refractivity contribution in [1.29, 1.82) is 0 Å². The molecule has 0 unspecified atom stereocenters. The average molecular weight is 581 g/mol. The summed E-state index contributed by atoms with van der Waals surface area (Å²) in [5.74, 6) is -0.219. The van der Waals surface area contributed by atoms with E-state index >= 15 is 0 Å². The summed E-state index contributed by atoms with van der Waals surface area (Å²) in [6.07, 6.45) is 0. The van der Waals surface area contributed by atoms with Crippen LogP contribution in [0.15, 0.2) is 119 Å². The van der Waals surface area contributed by atoms with Crippen LogP contribution in [0, 0.1) is 6.92 Å². The molecular weight excluding hydrogens is 548 g/mol. The number of aryl methyl sites for hydroxylation is 1. The number of benzene rings is 4. The number of nitrogens with zero attached hydrogens (tertiary/aromatic N) is 4. The van der Waals surface area contributed by atoms with Crippen molar-refractivity contribution in [3.05, 3.63) is 136 Å². The van der Waals surface area contributed by atoms with Gasteiger partial charge in [-0.25, -0.2) is 13.2 Å². The summed E-state index contributed by atoms with van der Waals surface area (Å²) in [4.78, 5) is 31.3. The fraction of sp³-hybridized carbons (Fsp3) is 0.212. The molecule has 42 heavy (non-hydrogen) atoms. The first-order chi connectivity index (χ1) is 20.3. The van der Waals surface area contributed by atoms with Crippen LogP contribution in [0.5, 0.6) is 0 Å². The topological polar surface area (TPSA) is 84.6 Å². The van der Waals surface area contributed by atoms with Crippen LogP contribution in [0.2, 0.25) is 0 Å². The summed E-state index contributed by atoms with van der Waals surface area (Å²) in [7, 11) is -4.17. The van der Waals surface area contributed by atoms with Crippen LogP contribution in [-0.2, 0) is 21.4 Å². The predicted octanol–water partition coefficient (Wildman–Crippen LogP) is 4.28. The third kappa shape index (κ3) is 5.17. The largest absolute Gasteiger partial charge is 0.343 e. The molecule has 9 heteroatoms. The number of hydrogen-bond acceptors (Lipinski definition) is 5. The van der Waals surface area contributed by atoms with Crippen molar-refractivity contribution >= 4 is 27.0 Å². The minimum Gasteiger partial charge on any atom is -0.339 e. The van der Waals surface area contributed by atoms with Crippen LogP contribution >= 0.6 is 0 Å². The Morgan fingerprint density at radius 2 is 1.24 bits per heavy atom. The molecule has 0 radical (unpaired) electrons. The van der Waals surface area contributed by atoms with E-state index < -0.39 is 15.7 Å². The molecule has 0 N–H and O–H groups in total. The van der Waals surface area contributed by atoms with E-state index in [0.717, 1.165) is 9.54 Å². The standard InChI is InChI=1S/C33H32N4O4S/c1-25-16-18-28(19-17-25)42(40,41)37-30-15-9-8-14-29(30)36(33(37)39)24-31(38)34-20-22-35(23-21-34)32(26-10-4-2-5-11-26)27-12-6-3-7-13-27/h2-19,32H,20-24H2,1H3. The van der Waals surface area contributed by atoms with Crippen molar-refractivity contribution in [2.45, 2.75) is 24.4 Å². The van der Waals surface area contributed by atoms with E-state index in [2.05, 4.69) is 29.2 Å². The van der Waals surface area contributed by atoms with Crippen LogP contribution in [0.25, 0.3) is 11.0 Å². The first-order valence-electron chi connectivity index (χ1n) is 14.0. The molecule has 0 aliphatic carbocycles. The Morgan fingerprint density at radius 3 is 1.81 bits per heavy atom. The fourth-order valence-corrected chi connectivity index (χ4v) is 7.14. The second kappa shape index (κ2) is 11.4. The zero-order valence-corrected chi connectivity index (χ0v) is 24.2. The summed E-state index contributed by atoms with van der Waals surface area (Å²) in [5, 5.41) is 0. The molecule has 0 bridgehead atoms. The maximum absolute atomic E-state index is 13.6. The number of imidazole rings is 1. The Morgan fingerprint density at radius 1 is 0.714 bits per heavy atom. The molecule has 214 valence electrons. The van der Waals surface area contributed by atoms with Crippen molar-refractivity contribution in [1.82, 2.24) is 18.3 Å². The second-order valence-corrected chi connectivity index (χ2v) is 12.4. The van der Waals surface area contributed by atoms with Gasteiger partial charge in [0.2, 0.25) is 5.91 Å². The van der Waals surface area contributed by atoms with Gasteiger partial charge in [0.15, 0.2) is 0 Å². The number of hydrogen-bond donors (Lipinski definition) is 0. The number of carbonyl (C=O) groups is 1. The van der Waals surface area contributed by atoms with Crippen LogP contribution in [0.3, 0.4) is 0 Å². The Kier molecular flexibility index (Phi) is 7.53. The molecule has 1 aliphatic rings. The first-order valence-corrected chi connectivity index (χ1v) is 15.4. The molecule has 1 amide bonds. The SMILES string of the molecule is Cc1ccc(S(=O)(=O)n2c(=O)n(CC(=O)N3CCN(C(c4ccccc4)c4ccccc4)CC3)c3ccccc32)cc1. The molecule has 6 rings (SSSR count). The minimum atomic E-state index is -4.17. The number of piperazine rings is 1. The Hall–Kier alpha value is -4.47. The van der Waals surface area contributed by atoms with E-state index in [9.17, 15) is 18.0 Å². The molecule has 1 fully saturated rings.